The van der Waals surface area contributed by atoms with Gasteiger partial charge in [0.25, 0.3) is 0 Å². The number of nitrogen functional groups attached to an aromatic ring is 1. The normalized spacial score (nSPS) is 10.1. The molecule has 0 radical (unpaired) electrons. The van der Waals surface area contributed by atoms with Gasteiger partial charge in [0.2, 0.25) is 0 Å². The Balaban J connectivity index is 2.11. The van der Waals surface area contributed by atoms with E-state index in [1.807, 2.05) is 6.07 Å². The van der Waals surface area contributed by atoms with Crippen LogP contribution in [0, 0.1) is 0 Å². The maximum atomic E-state index is 12.0. The van der Waals surface area contributed by atoms with E-state index in [2.05, 4.69) is 20.9 Å². The number of carbonyl (C=O) groups excluding carboxylic acids is 1. The maximum absolute atomic E-state index is 12.0. The van der Waals surface area contributed by atoms with E-state index in [1.54, 1.807) is 30.6 Å². The van der Waals surface area contributed by atoms with Crippen LogP contribution in [0.2, 0.25) is 0 Å². The topological polar surface area (TPSA) is 74.4 Å². The summed E-state index contributed by atoms with van der Waals surface area (Å²) in [5, 5.41) is 0. The molecule has 1 aromatic carbocycles. The summed E-state index contributed by atoms with van der Waals surface area (Å²) in [4.78, 5) is 16.0. The number of nitrogens with two attached hydrogens (primary N) is 1. The molecule has 0 aliphatic carbocycles. The average Bonchev–Trinajstić information content (AvgIpc) is 2.44. The predicted octanol–water partition coefficient (Wildman–Crippen LogP) is 2.79. The van der Waals surface area contributed by atoms with Crippen LogP contribution in [0.5, 0.6) is 5.75 Å². The molecule has 0 spiro atoms. The molecule has 0 bridgehead atoms. The molecule has 2 aromatic rings. The highest BCUT2D eigenvalue weighted by Gasteiger charge is 2.15. The number of pyridine rings is 1. The van der Waals surface area contributed by atoms with Crippen LogP contribution in [-0.4, -0.2) is 18.1 Å². The van der Waals surface area contributed by atoms with Crippen molar-refractivity contribution in [3.8, 4) is 5.75 Å². The Kier molecular flexibility index (Phi) is 4.57. The van der Waals surface area contributed by atoms with Gasteiger partial charge in [0.05, 0.1) is 12.8 Å². The Labute approximate surface area is 124 Å². The molecular formula is C14H13BrN2O3. The van der Waals surface area contributed by atoms with Crippen LogP contribution in [0.15, 0.2) is 41.1 Å². The zero-order valence-corrected chi connectivity index (χ0v) is 12.4. The summed E-state index contributed by atoms with van der Waals surface area (Å²) in [6.45, 7) is 0.128. The number of hydrogen-bond acceptors (Lipinski definition) is 5. The van der Waals surface area contributed by atoms with E-state index in [9.17, 15) is 4.79 Å². The Morgan fingerprint density at radius 3 is 2.90 bits per heavy atom. The molecular weight excluding hydrogens is 324 g/mol. The lowest BCUT2D eigenvalue weighted by Crippen LogP contribution is -2.08. The predicted molar refractivity (Wildman–Crippen MR) is 78.5 cm³/mol. The smallest absolute Gasteiger partial charge is 0.342 e. The first-order valence-electron chi connectivity index (χ1n) is 5.81. The van der Waals surface area contributed by atoms with Crippen LogP contribution in [0.4, 0.5) is 5.69 Å². The van der Waals surface area contributed by atoms with Gasteiger partial charge >= 0.3 is 5.97 Å². The van der Waals surface area contributed by atoms with Crippen molar-refractivity contribution in [2.24, 2.45) is 0 Å². The summed E-state index contributed by atoms with van der Waals surface area (Å²) in [6, 6.07) is 6.77. The van der Waals surface area contributed by atoms with Crippen molar-refractivity contribution in [1.29, 1.82) is 0 Å². The van der Waals surface area contributed by atoms with Crippen LogP contribution in [-0.2, 0) is 11.3 Å². The van der Waals surface area contributed by atoms with E-state index >= 15 is 0 Å². The van der Waals surface area contributed by atoms with Crippen molar-refractivity contribution in [2.45, 2.75) is 6.61 Å². The van der Waals surface area contributed by atoms with Gasteiger partial charge in [-0.2, -0.15) is 0 Å². The number of benzene rings is 1. The van der Waals surface area contributed by atoms with Gasteiger partial charge in [-0.1, -0.05) is 6.07 Å². The molecule has 0 amide bonds. The number of hydrogen-bond donors (Lipinski definition) is 1. The molecule has 104 valence electrons. The van der Waals surface area contributed by atoms with Crippen molar-refractivity contribution in [2.75, 3.05) is 12.8 Å². The van der Waals surface area contributed by atoms with Crippen molar-refractivity contribution in [1.82, 2.24) is 4.98 Å². The Morgan fingerprint density at radius 2 is 2.20 bits per heavy atom. The minimum atomic E-state index is -0.492. The van der Waals surface area contributed by atoms with Gasteiger partial charge in [0, 0.05) is 22.4 Å². The molecule has 0 saturated heterocycles. The highest BCUT2D eigenvalue weighted by molar-refractivity contribution is 9.10. The third kappa shape index (κ3) is 3.27. The summed E-state index contributed by atoms with van der Waals surface area (Å²) in [5.74, 6) is -0.168. The largest absolute Gasteiger partial charge is 0.494 e. The lowest BCUT2D eigenvalue weighted by Gasteiger charge is -2.10. The first-order chi connectivity index (χ1) is 9.61. The lowest BCUT2D eigenvalue weighted by atomic mass is 10.1. The molecule has 5 nitrogen and oxygen atoms in total. The van der Waals surface area contributed by atoms with Crippen molar-refractivity contribution in [3.63, 3.8) is 0 Å². The second-order valence-electron chi connectivity index (χ2n) is 4.02. The molecule has 0 atom stereocenters. The van der Waals surface area contributed by atoms with Gasteiger partial charge in [-0.15, -0.1) is 0 Å². The van der Waals surface area contributed by atoms with E-state index in [-0.39, 0.29) is 6.61 Å². The van der Waals surface area contributed by atoms with Gasteiger partial charge in [-0.25, -0.2) is 4.79 Å². The Morgan fingerprint density at radius 1 is 1.40 bits per heavy atom. The van der Waals surface area contributed by atoms with E-state index < -0.39 is 5.97 Å². The highest BCUT2D eigenvalue weighted by Crippen LogP contribution is 2.26. The average molecular weight is 337 g/mol. The molecule has 0 fully saturated rings. The molecule has 0 aliphatic heterocycles. The van der Waals surface area contributed by atoms with E-state index in [0.717, 1.165) is 10.0 Å². The second-order valence-corrected chi connectivity index (χ2v) is 4.93. The summed E-state index contributed by atoms with van der Waals surface area (Å²) < 4.78 is 11.2. The summed E-state index contributed by atoms with van der Waals surface area (Å²) >= 11 is 3.31. The molecule has 0 saturated carbocycles. The third-order valence-corrected chi connectivity index (χ3v) is 3.03. The lowest BCUT2D eigenvalue weighted by molar-refractivity contribution is 0.0469. The standard InChI is InChI=1S/C14H13BrN2O3/c1-19-13-11(3-2-4-12(13)16)14(18)20-8-9-5-10(15)7-17-6-9/h2-7H,8,16H2,1H3. The maximum Gasteiger partial charge on any atom is 0.342 e. The van der Waals surface area contributed by atoms with Crippen LogP contribution < -0.4 is 10.5 Å². The van der Waals surface area contributed by atoms with E-state index in [0.29, 0.717) is 17.0 Å². The summed E-state index contributed by atoms with van der Waals surface area (Å²) in [6.07, 6.45) is 3.29. The number of esters is 1. The molecule has 2 N–H and O–H groups in total. The van der Waals surface area contributed by atoms with Gasteiger partial charge < -0.3 is 15.2 Å². The number of methoxy groups -OCH3 is 1. The number of carbonyl (C=O) groups is 1. The van der Waals surface area contributed by atoms with E-state index in [4.69, 9.17) is 15.2 Å². The van der Waals surface area contributed by atoms with Gasteiger partial charge in [0.1, 0.15) is 12.2 Å². The third-order valence-electron chi connectivity index (χ3n) is 2.60. The van der Waals surface area contributed by atoms with Crippen LogP contribution in [0.1, 0.15) is 15.9 Å². The Bertz CT molecular complexity index is 632. The first-order valence-corrected chi connectivity index (χ1v) is 6.60. The minimum absolute atomic E-state index is 0.128. The fraction of sp³-hybridized carbons (Fsp3) is 0.143. The number of nitrogens with zero attached hydrogens (tertiary/aromatic N) is 1. The molecule has 2 rings (SSSR count). The molecule has 0 aliphatic rings. The number of rotatable bonds is 4. The van der Waals surface area contributed by atoms with Crippen LogP contribution >= 0.6 is 15.9 Å². The van der Waals surface area contributed by atoms with Gasteiger partial charge in [-0.05, 0) is 34.1 Å². The van der Waals surface area contributed by atoms with Crippen molar-refractivity contribution in [3.05, 3.63) is 52.3 Å². The van der Waals surface area contributed by atoms with Gasteiger partial charge in [-0.3, -0.25) is 4.98 Å². The second kappa shape index (κ2) is 6.38. The van der Waals surface area contributed by atoms with Crippen LogP contribution in [0.3, 0.4) is 0 Å². The number of ether oxygens (including phenoxy) is 2. The number of aromatic nitrogens is 1. The van der Waals surface area contributed by atoms with Gasteiger partial charge in [0.15, 0.2) is 5.75 Å². The van der Waals surface area contributed by atoms with Crippen molar-refractivity contribution < 1.29 is 14.3 Å². The summed E-state index contributed by atoms with van der Waals surface area (Å²) in [7, 11) is 1.46. The fourth-order valence-electron chi connectivity index (χ4n) is 1.70. The molecule has 1 heterocycles. The number of halogens is 1. The molecule has 0 unspecified atom stereocenters. The summed E-state index contributed by atoms with van der Waals surface area (Å²) in [5.41, 5.74) is 7.23. The van der Waals surface area contributed by atoms with Crippen LogP contribution in [0.25, 0.3) is 0 Å². The quantitative estimate of drug-likeness (QED) is 0.686. The minimum Gasteiger partial charge on any atom is -0.494 e. The monoisotopic (exact) mass is 336 g/mol. The SMILES string of the molecule is COc1c(N)cccc1C(=O)OCc1cncc(Br)c1. The van der Waals surface area contributed by atoms with E-state index in [1.165, 1.54) is 7.11 Å². The fourth-order valence-corrected chi connectivity index (χ4v) is 2.12. The molecule has 1 aromatic heterocycles. The zero-order valence-electron chi connectivity index (χ0n) is 10.8. The van der Waals surface area contributed by atoms with Crippen molar-refractivity contribution >= 4 is 27.6 Å². The first kappa shape index (κ1) is 14.3. The number of para-hydroxylation sites is 1. The molecule has 6 heteroatoms. The Hall–Kier alpha value is -2.08. The zero-order chi connectivity index (χ0) is 14.5. The highest BCUT2D eigenvalue weighted by atomic mass is 79.9. The number of anilines is 1. The molecule has 20 heavy (non-hydrogen) atoms.